The van der Waals surface area contributed by atoms with Gasteiger partial charge in [0.05, 0.1) is 61.3 Å². The first kappa shape index (κ1) is 48.0. The van der Waals surface area contributed by atoms with Crippen LogP contribution in [-0.4, -0.2) is 139 Å². The van der Waals surface area contributed by atoms with E-state index in [9.17, 15) is 9.59 Å². The van der Waals surface area contributed by atoms with E-state index < -0.39 is 35.1 Å². The van der Waals surface area contributed by atoms with E-state index in [-0.39, 0.29) is 47.6 Å². The van der Waals surface area contributed by atoms with E-state index in [4.69, 9.17) is 38.4 Å². The zero-order chi connectivity index (χ0) is 48.6. The van der Waals surface area contributed by atoms with E-state index >= 15 is 4.79 Å². The lowest BCUT2D eigenvalue weighted by Crippen LogP contribution is -2.67. The Morgan fingerprint density at radius 2 is 1.87 bits per heavy atom. The van der Waals surface area contributed by atoms with E-state index in [1.54, 1.807) is 12.1 Å². The van der Waals surface area contributed by atoms with Crippen LogP contribution in [0.5, 0.6) is 0 Å². The molecule has 12 rings (SSSR count). The van der Waals surface area contributed by atoms with Gasteiger partial charge in [-0.2, -0.15) is 0 Å². The molecule has 7 aliphatic heterocycles. The molecule has 1 spiro atoms. The number of nitrogens with one attached hydrogen (secondary N) is 2. The number of pyridine rings is 1. The number of methoxy groups -OCH3 is 1. The van der Waals surface area contributed by atoms with Crippen LogP contribution in [0.15, 0.2) is 41.9 Å². The average Bonchev–Trinajstić information content (AvgIpc) is 4.18. The van der Waals surface area contributed by atoms with Gasteiger partial charge in [0.15, 0.2) is 0 Å². The summed E-state index contributed by atoms with van der Waals surface area (Å²) in [6, 6.07) is 8.26. The van der Waals surface area contributed by atoms with Crippen molar-refractivity contribution in [3.8, 4) is 22.5 Å². The number of hydrogen-bond acceptors (Lipinski definition) is 14. The summed E-state index contributed by atoms with van der Waals surface area (Å²) in [4.78, 5) is 56.9. The Morgan fingerprint density at radius 3 is 2.61 bits per heavy atom. The van der Waals surface area contributed by atoms with Crippen LogP contribution in [0.2, 0.25) is 0 Å². The molecule has 2 amide bonds. The number of benzene rings is 1. The van der Waals surface area contributed by atoms with Crippen LogP contribution in [0.4, 0.5) is 0 Å². The molecule has 5 atom stereocenters. The summed E-state index contributed by atoms with van der Waals surface area (Å²) in [6.07, 6.45) is 7.10. The summed E-state index contributed by atoms with van der Waals surface area (Å²) in [5, 5.41) is 8.70. The summed E-state index contributed by atoms with van der Waals surface area (Å²) in [5.74, 6) is -1.01. The minimum absolute atomic E-state index is 0.0223. The third-order valence-electron chi connectivity index (χ3n) is 16.6. The first-order valence-corrected chi connectivity index (χ1v) is 26.4. The van der Waals surface area contributed by atoms with Crippen LogP contribution in [0.1, 0.15) is 108 Å². The molecule has 70 heavy (non-hydrogen) atoms. The predicted octanol–water partition coefficient (Wildman–Crippen LogP) is 6.56. The lowest BCUT2D eigenvalue weighted by atomic mass is 9.61. The van der Waals surface area contributed by atoms with Gasteiger partial charge in [-0.1, -0.05) is 26.8 Å². The topological polar surface area (TPSA) is 168 Å². The van der Waals surface area contributed by atoms with E-state index in [0.717, 1.165) is 68.9 Å². The molecule has 376 valence electrons. The Morgan fingerprint density at radius 1 is 1.06 bits per heavy atom. The number of aromatic nitrogens is 3. The Hall–Kier alpha value is -4.33. The highest BCUT2D eigenvalue weighted by Crippen LogP contribution is 2.61. The van der Waals surface area contributed by atoms with Crippen molar-refractivity contribution in [2.75, 3.05) is 66.4 Å². The maximum atomic E-state index is 15.3. The average molecular weight is 980 g/mol. The Kier molecular flexibility index (Phi) is 12.8. The summed E-state index contributed by atoms with van der Waals surface area (Å²) < 4.78 is 39.1. The highest BCUT2D eigenvalue weighted by molar-refractivity contribution is 7.10. The van der Waals surface area contributed by atoms with Gasteiger partial charge in [-0.05, 0) is 95.0 Å². The molecule has 1 aliphatic carbocycles. The molecular weight excluding hydrogens is 911 g/mol. The van der Waals surface area contributed by atoms with Crippen LogP contribution in [-0.2, 0) is 55.8 Å². The van der Waals surface area contributed by atoms with Gasteiger partial charge in [-0.3, -0.25) is 29.3 Å². The molecule has 8 bridgehead atoms. The lowest BCUT2D eigenvalue weighted by Gasteiger charge is -2.52. The second-order valence-corrected chi connectivity index (χ2v) is 23.3. The van der Waals surface area contributed by atoms with Gasteiger partial charge >= 0.3 is 5.97 Å². The molecule has 2 N–H and O–H groups in total. The standard InChI is InChI=1S/C53H69N7O9S/c1-32(64-6)42-36(9-7-16-54-42)44-38-24-50(3,4)30-68-48(62)39-10-8-17-60(57-39)47(61)43(56-49(63)53-26-51(5,27-53)33(2)69-53)45(58-28-52(29-58)15-21-66-31-52)46-55-40(25-70-46)34-11-12-41(37(38)23-34)59(44)18-22-67-35-13-19-65-20-14-35/h7,9,11-12,16,23,25,32-33,35,39,43,45,57H,8,10,13-15,17-22,24,26-31H2,1-6H3,(H,56,63)/t32-,33-,39-,43-,45-,51?,53?/m0/s1. The number of carbonyl (C=O) groups is 3. The second-order valence-electron chi connectivity index (χ2n) is 22.4. The lowest BCUT2D eigenvalue weighted by molar-refractivity contribution is -0.159. The number of amides is 2. The second kappa shape index (κ2) is 18.6. The number of carbonyl (C=O) groups excluding carboxylic acids is 3. The Balaban J connectivity index is 1.05. The number of thiazole rings is 1. The zero-order valence-corrected chi connectivity index (χ0v) is 42.4. The monoisotopic (exact) mass is 979 g/mol. The van der Waals surface area contributed by atoms with Gasteiger partial charge < -0.3 is 38.3 Å². The van der Waals surface area contributed by atoms with Gasteiger partial charge in [0.2, 0.25) is 0 Å². The van der Waals surface area contributed by atoms with Crippen LogP contribution >= 0.6 is 11.3 Å². The van der Waals surface area contributed by atoms with Crippen molar-refractivity contribution in [3.63, 3.8) is 0 Å². The third kappa shape index (κ3) is 8.69. The fourth-order valence-electron chi connectivity index (χ4n) is 12.5. The van der Waals surface area contributed by atoms with Crippen molar-refractivity contribution < 1.29 is 42.8 Å². The Bertz CT molecular complexity index is 2620. The summed E-state index contributed by atoms with van der Waals surface area (Å²) in [7, 11) is 1.71. The van der Waals surface area contributed by atoms with E-state index in [1.807, 2.05) is 26.1 Å². The van der Waals surface area contributed by atoms with Gasteiger partial charge in [0.1, 0.15) is 22.7 Å². The normalized spacial score (nSPS) is 30.5. The van der Waals surface area contributed by atoms with E-state index in [1.165, 1.54) is 11.3 Å². The fourth-order valence-corrected chi connectivity index (χ4v) is 13.5. The van der Waals surface area contributed by atoms with Crippen molar-refractivity contribution in [2.45, 2.75) is 135 Å². The van der Waals surface area contributed by atoms with E-state index in [0.29, 0.717) is 91.3 Å². The summed E-state index contributed by atoms with van der Waals surface area (Å²) in [6.45, 7) is 16.2. The predicted molar refractivity (Wildman–Crippen MR) is 263 cm³/mol. The smallest absolute Gasteiger partial charge is 0.324 e. The number of fused-ring (bicyclic) bond motifs is 7. The highest BCUT2D eigenvalue weighted by Gasteiger charge is 2.68. The van der Waals surface area contributed by atoms with Gasteiger partial charge in [-0.15, -0.1) is 11.3 Å². The van der Waals surface area contributed by atoms with Crippen LogP contribution in [0.3, 0.4) is 0 Å². The number of cyclic esters (lactones) is 1. The largest absolute Gasteiger partial charge is 0.464 e. The van der Waals surface area contributed by atoms with Gasteiger partial charge in [-0.25, -0.2) is 10.4 Å². The first-order valence-electron chi connectivity index (χ1n) is 25.5. The number of hydrazine groups is 1. The molecule has 16 nitrogen and oxygen atoms in total. The van der Waals surface area contributed by atoms with Crippen molar-refractivity contribution in [1.29, 1.82) is 0 Å². The SMILES string of the molecule is CO[C@@H](C)c1ncccc1-c1c2c3cc(ccc3n1CCOC1CCOCC1)-c1csc(n1)[C@@H](N1CC3(CCOC3)C1)[C@H](NC(=O)C13CC(C)(C1)[C@H](C)O3)C(=O)N1CCC[C@H](N1)C(=O)OCC(C)(C)C2. The molecule has 0 unspecified atom stereocenters. The number of ether oxygens (including phenoxy) is 6. The number of nitrogens with zero attached hydrogens (tertiary/aromatic N) is 5. The minimum atomic E-state index is -1.04. The summed E-state index contributed by atoms with van der Waals surface area (Å²) >= 11 is 1.51. The number of hydrogen-bond donors (Lipinski definition) is 2. The molecule has 10 heterocycles. The fraction of sp³-hybridized carbons (Fsp3) is 0.642. The van der Waals surface area contributed by atoms with Crippen LogP contribution in [0.25, 0.3) is 33.4 Å². The zero-order valence-electron chi connectivity index (χ0n) is 41.6. The van der Waals surface area contributed by atoms with Crippen LogP contribution < -0.4 is 10.7 Å². The maximum absolute atomic E-state index is 15.3. The Labute approximate surface area is 414 Å². The molecular formula is C53H69N7O9S. The molecule has 8 aliphatic rings. The summed E-state index contributed by atoms with van der Waals surface area (Å²) in [5.41, 5.74) is 8.33. The molecule has 7 fully saturated rings. The quantitative estimate of drug-likeness (QED) is 0.164. The molecule has 1 saturated carbocycles. The number of rotatable bonds is 10. The molecule has 4 aromatic rings. The van der Waals surface area contributed by atoms with Gasteiger partial charge in [0.25, 0.3) is 11.8 Å². The molecule has 6 saturated heterocycles. The number of likely N-dealkylation sites (tertiary alicyclic amines) is 1. The molecule has 0 radical (unpaired) electrons. The van der Waals surface area contributed by atoms with Crippen molar-refractivity contribution in [2.24, 2.45) is 16.2 Å². The first-order chi connectivity index (χ1) is 33.7. The van der Waals surface area contributed by atoms with Crippen molar-refractivity contribution in [3.05, 3.63) is 58.2 Å². The molecule has 3 aromatic heterocycles. The van der Waals surface area contributed by atoms with Gasteiger partial charge in [0, 0.05) is 103 Å². The van der Waals surface area contributed by atoms with E-state index in [2.05, 4.69) is 70.6 Å². The third-order valence-corrected chi connectivity index (χ3v) is 17.5. The van der Waals surface area contributed by atoms with Crippen LogP contribution in [0, 0.1) is 16.2 Å². The molecule has 1 aromatic carbocycles. The minimum Gasteiger partial charge on any atom is -0.464 e. The number of esters is 1. The molecule has 17 heteroatoms. The maximum Gasteiger partial charge on any atom is 0.324 e. The highest BCUT2D eigenvalue weighted by atomic mass is 32.1. The van der Waals surface area contributed by atoms with Crippen molar-refractivity contribution >= 4 is 40.0 Å². The van der Waals surface area contributed by atoms with Crippen molar-refractivity contribution in [1.82, 2.24) is 35.2 Å².